The van der Waals surface area contributed by atoms with Crippen molar-refractivity contribution in [2.24, 2.45) is 17.8 Å². The minimum atomic E-state index is -4.20. The largest absolute Gasteiger partial charge is 0.479 e. The second-order valence-corrected chi connectivity index (χ2v) is 18.3. The van der Waals surface area contributed by atoms with Gasteiger partial charge in [-0.15, -0.1) is 0 Å². The van der Waals surface area contributed by atoms with E-state index in [1.807, 2.05) is 6.92 Å². The Balaban J connectivity index is 1.59. The van der Waals surface area contributed by atoms with Gasteiger partial charge in [0.25, 0.3) is 10.1 Å². The van der Waals surface area contributed by atoms with E-state index in [2.05, 4.69) is 10.6 Å². The topological polar surface area (TPSA) is 314 Å². The fourth-order valence-corrected chi connectivity index (χ4v) is 9.33. The van der Waals surface area contributed by atoms with Gasteiger partial charge in [0.2, 0.25) is 11.8 Å². The van der Waals surface area contributed by atoms with E-state index < -0.39 is 132 Å². The molecule has 0 bridgehead atoms. The first kappa shape index (κ1) is 50.2. The Morgan fingerprint density at radius 3 is 2.18 bits per heavy atom. The lowest BCUT2D eigenvalue weighted by molar-refractivity contribution is -0.338. The molecule has 346 valence electrons. The molecule has 9 N–H and O–H groups in total. The molecule has 4 aliphatic rings. The first-order valence-electron chi connectivity index (χ1n) is 21.2. The van der Waals surface area contributed by atoms with Crippen molar-refractivity contribution in [1.29, 1.82) is 0 Å². The minimum Gasteiger partial charge on any atom is -0.479 e. The molecule has 4 fully saturated rings. The van der Waals surface area contributed by atoms with Crippen molar-refractivity contribution < 1.29 is 86.5 Å². The van der Waals surface area contributed by atoms with Crippen LogP contribution in [0.25, 0.3) is 0 Å². The molecular weight excluding hydrogens is 816 g/mol. The molecule has 20 nitrogen and oxygen atoms in total. The Morgan fingerprint density at radius 2 is 1.57 bits per heavy atom. The molecule has 4 rings (SSSR count). The Hall–Kier alpha value is -2.41. The number of rotatable bonds is 21. The smallest absolute Gasteiger partial charge is 0.332 e. The molecule has 2 aliphatic carbocycles. The summed E-state index contributed by atoms with van der Waals surface area (Å²) in [5.41, 5.74) is 0. The fourth-order valence-electron chi connectivity index (χ4n) is 8.82. The quantitative estimate of drug-likeness (QED) is 0.0521. The Bertz CT molecular complexity index is 1520. The number of Topliss-reactive ketones (excluding diaryl/α,β-unsaturated/α-hetero) is 1. The van der Waals surface area contributed by atoms with E-state index in [0.717, 1.165) is 32.1 Å². The van der Waals surface area contributed by atoms with E-state index in [9.17, 15) is 58.2 Å². The summed E-state index contributed by atoms with van der Waals surface area (Å²) in [5.74, 6) is -4.08. The Labute approximate surface area is 350 Å². The van der Waals surface area contributed by atoms with Gasteiger partial charge in [-0.1, -0.05) is 45.4 Å². The zero-order chi connectivity index (χ0) is 44.3. The lowest BCUT2D eigenvalue weighted by Gasteiger charge is -2.49. The van der Waals surface area contributed by atoms with Crippen LogP contribution >= 0.6 is 0 Å². The molecule has 2 aliphatic heterocycles. The monoisotopic (exact) mass is 882 g/mol. The van der Waals surface area contributed by atoms with Crippen LogP contribution in [0.5, 0.6) is 0 Å². The lowest BCUT2D eigenvalue weighted by Crippen LogP contribution is -2.67. The van der Waals surface area contributed by atoms with Gasteiger partial charge < -0.3 is 65.0 Å². The minimum absolute atomic E-state index is 0.00447. The maximum atomic E-state index is 13.8. The number of aliphatic hydroxyl groups is 5. The molecule has 2 saturated heterocycles. The van der Waals surface area contributed by atoms with Crippen molar-refractivity contribution in [2.75, 3.05) is 18.9 Å². The van der Waals surface area contributed by atoms with Crippen LogP contribution in [0.4, 0.5) is 0 Å². The van der Waals surface area contributed by atoms with Crippen molar-refractivity contribution in [3.05, 3.63) is 0 Å². The van der Waals surface area contributed by atoms with E-state index in [1.165, 1.54) is 13.8 Å². The van der Waals surface area contributed by atoms with Gasteiger partial charge in [-0.25, -0.2) is 4.79 Å². The van der Waals surface area contributed by atoms with Crippen LogP contribution < -0.4 is 10.6 Å². The second-order valence-electron chi connectivity index (χ2n) is 16.7. The van der Waals surface area contributed by atoms with Gasteiger partial charge in [0, 0.05) is 32.2 Å². The number of nitrogens with one attached hydrogen (secondary N) is 2. The lowest BCUT2D eigenvalue weighted by atomic mass is 9.74. The summed E-state index contributed by atoms with van der Waals surface area (Å²) in [7, 11) is -4.20. The van der Waals surface area contributed by atoms with E-state index in [-0.39, 0.29) is 63.2 Å². The van der Waals surface area contributed by atoms with Crippen LogP contribution in [-0.4, -0.2) is 166 Å². The zero-order valence-corrected chi connectivity index (χ0v) is 35.4. The van der Waals surface area contributed by atoms with E-state index in [1.54, 1.807) is 0 Å². The van der Waals surface area contributed by atoms with Crippen LogP contribution in [0.15, 0.2) is 0 Å². The highest BCUT2D eigenvalue weighted by molar-refractivity contribution is 7.85. The normalized spacial score (nSPS) is 36.0. The molecule has 21 heteroatoms. The predicted molar refractivity (Wildman–Crippen MR) is 208 cm³/mol. The molecule has 0 radical (unpaired) electrons. The SMILES string of the molecule is CCC1CC(C(=O)CCCNC(=O)CCCS(=O)(=O)O)C[C@@H](O[C@@H]2OC(CO)[C@H](O)C(O[C@@H](CC3CCCCC3)C(=O)O)C2NC(C)=O)[C@@H]1O[C@@H]1OC(C)[C@@H](O)C(O)[C@@H]1O. The molecule has 0 spiro atoms. The van der Waals surface area contributed by atoms with Crippen molar-refractivity contribution >= 4 is 33.7 Å². The fraction of sp³-hybridized carbons (Fsp3) is 0.897. The summed E-state index contributed by atoms with van der Waals surface area (Å²) in [6.45, 7) is 3.92. The second kappa shape index (κ2) is 23.3. The van der Waals surface area contributed by atoms with Gasteiger partial charge in [-0.2, -0.15) is 8.42 Å². The van der Waals surface area contributed by atoms with Gasteiger partial charge in [0.15, 0.2) is 18.7 Å². The number of hydrogen-bond donors (Lipinski definition) is 9. The molecule has 0 aromatic carbocycles. The van der Waals surface area contributed by atoms with Gasteiger partial charge >= 0.3 is 5.97 Å². The number of carboxylic acids is 1. The number of hydrogen-bond acceptors (Lipinski definition) is 16. The molecular formula is C39H66N2O18S. The van der Waals surface area contributed by atoms with E-state index in [0.29, 0.717) is 6.42 Å². The van der Waals surface area contributed by atoms with E-state index in [4.69, 9.17) is 28.2 Å². The molecule has 2 amide bonds. The molecule has 15 atom stereocenters. The van der Waals surface area contributed by atoms with Crippen LogP contribution in [0.3, 0.4) is 0 Å². The molecule has 0 aromatic heterocycles. The van der Waals surface area contributed by atoms with Gasteiger partial charge in [-0.05, 0) is 50.9 Å². The predicted octanol–water partition coefficient (Wildman–Crippen LogP) is -0.454. The standard InChI is InChI=1S/C39H66N2O18S/c1-4-23-17-24(25(44)12-8-14-40-29(45)13-9-15-60(52,53)54)18-26(35(23)59-39-34(49)33(48)31(46)20(2)55-39)57-38-30(41-21(3)43)36(32(47)28(19-42)58-38)56-27(37(50)51)16-22-10-6-5-7-11-22/h20,22-24,26-28,30-36,38-39,42,46-49H,4-19H2,1-3H3,(H,40,45)(H,41,43)(H,50,51)(H,52,53,54)/t20?,23?,24?,26-,27+,28?,30?,31-,32+,33?,34+,35-,36?,38-,39+/m1/s1. The highest BCUT2D eigenvalue weighted by Gasteiger charge is 2.52. The molecule has 60 heavy (non-hydrogen) atoms. The first-order chi connectivity index (χ1) is 28.3. The highest BCUT2D eigenvalue weighted by Crippen LogP contribution is 2.40. The summed E-state index contributed by atoms with van der Waals surface area (Å²) in [6, 6.07) is -1.33. The van der Waals surface area contributed by atoms with Crippen molar-refractivity contribution in [2.45, 2.75) is 184 Å². The average Bonchev–Trinajstić information content (AvgIpc) is 3.19. The average molecular weight is 883 g/mol. The highest BCUT2D eigenvalue weighted by atomic mass is 32.2. The van der Waals surface area contributed by atoms with Gasteiger partial charge in [0.1, 0.15) is 48.4 Å². The summed E-state index contributed by atoms with van der Waals surface area (Å²) >= 11 is 0. The summed E-state index contributed by atoms with van der Waals surface area (Å²) in [4.78, 5) is 51.2. The van der Waals surface area contributed by atoms with Crippen LogP contribution in [-0.2, 0) is 53.0 Å². The number of aliphatic hydroxyl groups excluding tert-OH is 5. The summed E-state index contributed by atoms with van der Waals surface area (Å²) in [6.07, 6.45) is -11.0. The Morgan fingerprint density at radius 1 is 0.867 bits per heavy atom. The number of ether oxygens (including phenoxy) is 5. The van der Waals surface area contributed by atoms with Crippen molar-refractivity contribution in [3.8, 4) is 0 Å². The third kappa shape index (κ3) is 14.3. The van der Waals surface area contributed by atoms with E-state index >= 15 is 0 Å². The maximum Gasteiger partial charge on any atom is 0.332 e. The van der Waals surface area contributed by atoms with Crippen LogP contribution in [0.2, 0.25) is 0 Å². The molecule has 2 heterocycles. The van der Waals surface area contributed by atoms with Gasteiger partial charge in [0.05, 0.1) is 30.7 Å². The number of aliphatic carboxylic acids is 1. The Kier molecular flexibility index (Phi) is 19.5. The first-order valence-corrected chi connectivity index (χ1v) is 22.8. The molecule has 0 aromatic rings. The molecule has 7 unspecified atom stereocenters. The van der Waals surface area contributed by atoms with Crippen molar-refractivity contribution in [3.63, 3.8) is 0 Å². The van der Waals surface area contributed by atoms with Crippen molar-refractivity contribution in [1.82, 2.24) is 10.6 Å². The summed E-state index contributed by atoms with van der Waals surface area (Å²) < 4.78 is 61.7. The van der Waals surface area contributed by atoms with Crippen LogP contribution in [0, 0.1) is 17.8 Å². The number of carbonyl (C=O) groups excluding carboxylic acids is 3. The third-order valence-corrected chi connectivity index (χ3v) is 12.9. The van der Waals surface area contributed by atoms with Gasteiger partial charge in [-0.3, -0.25) is 18.9 Å². The zero-order valence-electron chi connectivity index (χ0n) is 34.6. The number of ketones is 1. The number of amides is 2. The van der Waals surface area contributed by atoms with Crippen LogP contribution in [0.1, 0.15) is 104 Å². The third-order valence-electron chi connectivity index (χ3n) is 12.1. The number of carbonyl (C=O) groups is 4. The number of carboxylic acid groups (broad SMARTS) is 1. The summed E-state index contributed by atoms with van der Waals surface area (Å²) in [5, 5.41) is 69.1. The maximum absolute atomic E-state index is 13.8. The molecule has 2 saturated carbocycles.